The third-order valence-electron chi connectivity index (χ3n) is 2.36. The molecule has 0 saturated carbocycles. The molecule has 1 rings (SSSR count). The largest absolute Gasteiger partial charge is 0.0654 e. The van der Waals surface area contributed by atoms with Crippen LogP contribution in [0.25, 0.3) is 0 Å². The second-order valence-corrected chi connectivity index (χ2v) is 4.67. The Morgan fingerprint density at radius 3 is 2.54 bits per heavy atom. The van der Waals surface area contributed by atoms with E-state index in [4.69, 9.17) is 0 Å². The summed E-state index contributed by atoms with van der Waals surface area (Å²) in [5.41, 5.74) is 2.79. The van der Waals surface area contributed by atoms with Crippen LogP contribution in [-0.2, 0) is 0 Å². The van der Waals surface area contributed by atoms with E-state index in [9.17, 15) is 0 Å². The highest BCUT2D eigenvalue weighted by Crippen LogP contribution is 2.24. The fourth-order valence-electron chi connectivity index (χ4n) is 1.65. The smallest absolute Gasteiger partial charge is 0.0180 e. The van der Waals surface area contributed by atoms with Gasteiger partial charge in [-0.2, -0.15) is 0 Å². The quantitative estimate of drug-likeness (QED) is 0.721. The number of hydrogen-bond donors (Lipinski definition) is 0. The van der Waals surface area contributed by atoms with Gasteiger partial charge in [0.05, 0.1) is 0 Å². The van der Waals surface area contributed by atoms with Gasteiger partial charge in [-0.05, 0) is 42.5 Å². The van der Waals surface area contributed by atoms with Crippen molar-refractivity contribution in [2.75, 3.05) is 0 Å². The minimum atomic E-state index is 0.682. The number of benzene rings is 1. The van der Waals surface area contributed by atoms with Crippen LogP contribution in [0.5, 0.6) is 0 Å². The van der Waals surface area contributed by atoms with E-state index in [1.807, 2.05) is 0 Å². The molecule has 0 aliphatic rings. The number of aryl methyl sites for hydroxylation is 1. The summed E-state index contributed by atoms with van der Waals surface area (Å²) in [6.07, 6.45) is 2.53. The molecule has 1 heteroatoms. The Kier molecular flexibility index (Phi) is 3.98. The summed E-state index contributed by atoms with van der Waals surface area (Å²) in [4.78, 5) is 0. The van der Waals surface area contributed by atoms with Crippen molar-refractivity contribution in [2.24, 2.45) is 0 Å². The molecule has 0 aromatic heterocycles. The van der Waals surface area contributed by atoms with Gasteiger partial charge in [0.2, 0.25) is 0 Å². The molecule has 1 atom stereocenters. The van der Waals surface area contributed by atoms with Crippen LogP contribution in [0.4, 0.5) is 0 Å². The molecular formula is C12H17Br. The molecule has 0 amide bonds. The first-order chi connectivity index (χ1) is 6.13. The summed E-state index contributed by atoms with van der Waals surface area (Å²) in [6.45, 7) is 6.68. The fourth-order valence-corrected chi connectivity index (χ4v) is 2.27. The molecule has 13 heavy (non-hydrogen) atoms. The van der Waals surface area contributed by atoms with Gasteiger partial charge in [0, 0.05) is 4.47 Å². The lowest BCUT2D eigenvalue weighted by molar-refractivity contribution is 0.664. The molecule has 0 fully saturated rings. The number of halogens is 1. The fraction of sp³-hybridized carbons (Fsp3) is 0.500. The lowest BCUT2D eigenvalue weighted by atomic mass is 9.95. The van der Waals surface area contributed by atoms with Gasteiger partial charge in [0.15, 0.2) is 0 Å². The van der Waals surface area contributed by atoms with Crippen LogP contribution in [0.1, 0.15) is 43.7 Å². The SMILES string of the molecule is CCCC(C)c1cc(C)cc(Br)c1. The van der Waals surface area contributed by atoms with Gasteiger partial charge in [-0.3, -0.25) is 0 Å². The molecule has 72 valence electrons. The molecule has 0 bridgehead atoms. The van der Waals surface area contributed by atoms with Crippen molar-refractivity contribution in [1.29, 1.82) is 0 Å². The molecule has 1 aromatic rings. The third kappa shape index (κ3) is 3.15. The van der Waals surface area contributed by atoms with Crippen molar-refractivity contribution in [1.82, 2.24) is 0 Å². The van der Waals surface area contributed by atoms with Crippen molar-refractivity contribution < 1.29 is 0 Å². The second kappa shape index (κ2) is 4.80. The topological polar surface area (TPSA) is 0 Å². The maximum Gasteiger partial charge on any atom is 0.0180 e. The summed E-state index contributed by atoms with van der Waals surface area (Å²) in [5, 5.41) is 0. The molecule has 0 N–H and O–H groups in total. The standard InChI is InChI=1S/C12H17Br/c1-4-5-10(3)11-6-9(2)7-12(13)8-11/h6-8,10H,4-5H2,1-3H3. The third-order valence-corrected chi connectivity index (χ3v) is 2.81. The van der Waals surface area contributed by atoms with Crippen molar-refractivity contribution in [3.8, 4) is 0 Å². The maximum absolute atomic E-state index is 3.53. The highest BCUT2D eigenvalue weighted by Gasteiger charge is 2.05. The Morgan fingerprint density at radius 2 is 2.00 bits per heavy atom. The van der Waals surface area contributed by atoms with Gasteiger partial charge < -0.3 is 0 Å². The van der Waals surface area contributed by atoms with E-state index < -0.39 is 0 Å². The molecule has 0 saturated heterocycles. The zero-order valence-corrected chi connectivity index (χ0v) is 10.2. The molecule has 0 aliphatic carbocycles. The van der Waals surface area contributed by atoms with Crippen LogP contribution in [-0.4, -0.2) is 0 Å². The Hall–Kier alpha value is -0.300. The Morgan fingerprint density at radius 1 is 1.31 bits per heavy atom. The van der Waals surface area contributed by atoms with E-state index in [-0.39, 0.29) is 0 Å². The molecule has 0 nitrogen and oxygen atoms in total. The lowest BCUT2D eigenvalue weighted by Crippen LogP contribution is -1.93. The van der Waals surface area contributed by atoms with Crippen LogP contribution < -0.4 is 0 Å². The Labute approximate surface area is 89.5 Å². The monoisotopic (exact) mass is 240 g/mol. The van der Waals surface area contributed by atoms with Crippen LogP contribution in [0.2, 0.25) is 0 Å². The predicted molar refractivity (Wildman–Crippen MR) is 62.2 cm³/mol. The Balaban J connectivity index is 2.87. The minimum absolute atomic E-state index is 0.682. The van der Waals surface area contributed by atoms with Gasteiger partial charge >= 0.3 is 0 Å². The molecule has 0 heterocycles. The molecule has 0 radical (unpaired) electrons. The zero-order valence-electron chi connectivity index (χ0n) is 8.60. The molecule has 0 spiro atoms. The average Bonchev–Trinajstić information content (AvgIpc) is 2.03. The first-order valence-electron chi connectivity index (χ1n) is 4.90. The number of rotatable bonds is 3. The van der Waals surface area contributed by atoms with E-state index in [0.29, 0.717) is 5.92 Å². The first kappa shape index (κ1) is 10.8. The van der Waals surface area contributed by atoms with Gasteiger partial charge in [-0.25, -0.2) is 0 Å². The average molecular weight is 241 g/mol. The highest BCUT2D eigenvalue weighted by molar-refractivity contribution is 9.10. The summed E-state index contributed by atoms with van der Waals surface area (Å²) in [5.74, 6) is 0.682. The highest BCUT2D eigenvalue weighted by atomic mass is 79.9. The summed E-state index contributed by atoms with van der Waals surface area (Å²) in [7, 11) is 0. The molecule has 0 aliphatic heterocycles. The van der Waals surface area contributed by atoms with Crippen LogP contribution in [0.3, 0.4) is 0 Å². The van der Waals surface area contributed by atoms with E-state index in [2.05, 4.69) is 54.9 Å². The van der Waals surface area contributed by atoms with Gasteiger partial charge in [-0.1, -0.05) is 42.3 Å². The van der Waals surface area contributed by atoms with Crippen LogP contribution >= 0.6 is 15.9 Å². The van der Waals surface area contributed by atoms with E-state index in [0.717, 1.165) is 0 Å². The number of hydrogen-bond acceptors (Lipinski definition) is 0. The zero-order chi connectivity index (χ0) is 9.84. The van der Waals surface area contributed by atoms with Crippen LogP contribution in [0.15, 0.2) is 22.7 Å². The van der Waals surface area contributed by atoms with Gasteiger partial charge in [0.1, 0.15) is 0 Å². The van der Waals surface area contributed by atoms with Gasteiger partial charge in [-0.15, -0.1) is 0 Å². The molecular weight excluding hydrogens is 224 g/mol. The maximum atomic E-state index is 3.53. The summed E-state index contributed by atoms with van der Waals surface area (Å²) < 4.78 is 1.20. The minimum Gasteiger partial charge on any atom is -0.0654 e. The lowest BCUT2D eigenvalue weighted by Gasteiger charge is -2.11. The second-order valence-electron chi connectivity index (χ2n) is 3.75. The normalized spacial score (nSPS) is 12.9. The van der Waals surface area contributed by atoms with Crippen molar-refractivity contribution >= 4 is 15.9 Å². The van der Waals surface area contributed by atoms with Crippen molar-refractivity contribution in [2.45, 2.75) is 39.5 Å². The van der Waals surface area contributed by atoms with Gasteiger partial charge in [0.25, 0.3) is 0 Å². The van der Waals surface area contributed by atoms with E-state index in [1.54, 1.807) is 0 Å². The van der Waals surface area contributed by atoms with E-state index >= 15 is 0 Å². The predicted octanol–water partition coefficient (Wildman–Crippen LogP) is 4.66. The summed E-state index contributed by atoms with van der Waals surface area (Å²) in [6, 6.07) is 6.67. The molecule has 1 aromatic carbocycles. The van der Waals surface area contributed by atoms with E-state index in [1.165, 1.54) is 28.4 Å². The summed E-state index contributed by atoms with van der Waals surface area (Å²) >= 11 is 3.53. The van der Waals surface area contributed by atoms with Crippen molar-refractivity contribution in [3.05, 3.63) is 33.8 Å². The van der Waals surface area contributed by atoms with Crippen molar-refractivity contribution in [3.63, 3.8) is 0 Å². The Bertz CT molecular complexity index is 258. The van der Waals surface area contributed by atoms with Crippen LogP contribution in [0, 0.1) is 6.92 Å². The first-order valence-corrected chi connectivity index (χ1v) is 5.70. The molecule has 1 unspecified atom stereocenters.